The van der Waals surface area contributed by atoms with Crippen LogP contribution in [-0.4, -0.2) is 35.9 Å². The van der Waals surface area contributed by atoms with Crippen molar-refractivity contribution in [3.8, 4) is 5.88 Å². The Morgan fingerprint density at radius 3 is 3.00 bits per heavy atom. The first-order valence-electron chi connectivity index (χ1n) is 6.94. The molecule has 0 saturated carbocycles. The molecule has 0 aliphatic carbocycles. The van der Waals surface area contributed by atoms with Crippen molar-refractivity contribution in [1.82, 2.24) is 4.98 Å². The molecular weight excluding hydrogens is 242 g/mol. The molecule has 2 heterocycles. The molecule has 0 radical (unpaired) electrons. The number of pyridine rings is 1. The van der Waals surface area contributed by atoms with Crippen LogP contribution in [0.15, 0.2) is 12.1 Å². The van der Waals surface area contributed by atoms with E-state index in [1.165, 1.54) is 0 Å². The maximum atomic E-state index is 9.51. The van der Waals surface area contributed by atoms with Crippen LogP contribution in [0, 0.1) is 5.92 Å². The fourth-order valence-corrected chi connectivity index (χ4v) is 2.49. The number of hydrogen-bond donors (Lipinski definition) is 2. The second-order valence-electron chi connectivity index (χ2n) is 5.12. The second kappa shape index (κ2) is 6.10. The molecule has 106 valence electrons. The number of nitrogen functional groups attached to an aromatic ring is 1. The highest BCUT2D eigenvalue weighted by molar-refractivity contribution is 5.55. The quantitative estimate of drug-likeness (QED) is 0.847. The van der Waals surface area contributed by atoms with Crippen molar-refractivity contribution in [2.24, 2.45) is 5.92 Å². The van der Waals surface area contributed by atoms with Crippen LogP contribution in [0.25, 0.3) is 0 Å². The second-order valence-corrected chi connectivity index (χ2v) is 5.12. The largest absolute Gasteiger partial charge is 0.476 e. The van der Waals surface area contributed by atoms with Gasteiger partial charge in [-0.3, -0.25) is 0 Å². The Morgan fingerprint density at radius 2 is 2.32 bits per heavy atom. The number of aliphatic hydroxyl groups is 1. The fraction of sp³-hybridized carbons (Fsp3) is 0.643. The number of aliphatic hydroxyl groups excluding tert-OH is 1. The lowest BCUT2D eigenvalue weighted by Gasteiger charge is -2.26. The highest BCUT2D eigenvalue weighted by atomic mass is 16.5. The van der Waals surface area contributed by atoms with Crippen LogP contribution < -0.4 is 15.4 Å². The van der Waals surface area contributed by atoms with Gasteiger partial charge in [0.15, 0.2) is 0 Å². The van der Waals surface area contributed by atoms with Crippen molar-refractivity contribution < 1.29 is 9.84 Å². The van der Waals surface area contributed by atoms with Crippen molar-refractivity contribution in [3.05, 3.63) is 12.1 Å². The third-order valence-electron chi connectivity index (χ3n) is 3.68. The van der Waals surface area contributed by atoms with Gasteiger partial charge in [-0.1, -0.05) is 13.8 Å². The number of anilines is 2. The molecule has 1 aliphatic rings. The topological polar surface area (TPSA) is 71.6 Å². The average molecular weight is 265 g/mol. The lowest BCUT2D eigenvalue weighted by molar-refractivity contribution is 0.244. The number of ether oxygens (including phenoxy) is 1. The lowest BCUT2D eigenvalue weighted by atomic mass is 10.0. The molecule has 19 heavy (non-hydrogen) atoms. The minimum atomic E-state index is 0.134. The first-order chi connectivity index (χ1) is 9.17. The number of rotatable bonds is 5. The number of nitrogens with two attached hydrogens (primary N) is 1. The van der Waals surface area contributed by atoms with Crippen LogP contribution >= 0.6 is 0 Å². The zero-order chi connectivity index (χ0) is 13.8. The third kappa shape index (κ3) is 2.92. The molecule has 0 bridgehead atoms. The zero-order valence-corrected chi connectivity index (χ0v) is 11.7. The molecule has 1 aromatic heterocycles. The summed E-state index contributed by atoms with van der Waals surface area (Å²) >= 11 is 0. The van der Waals surface area contributed by atoms with Gasteiger partial charge in [0, 0.05) is 6.54 Å². The molecule has 0 amide bonds. The lowest BCUT2D eigenvalue weighted by Crippen LogP contribution is -2.35. The third-order valence-corrected chi connectivity index (χ3v) is 3.68. The van der Waals surface area contributed by atoms with Gasteiger partial charge in [-0.15, -0.1) is 0 Å². The van der Waals surface area contributed by atoms with E-state index >= 15 is 0 Å². The standard InChI is InChI=1S/C14H23N3O2/c1-3-8-19-14-11(15)4-5-13(16-14)17-7-6-10(2)12(17)9-18/h4-5,10,12,18H,3,6-9,15H2,1-2H3. The molecule has 1 aromatic rings. The molecular formula is C14H23N3O2. The number of hydrogen-bond acceptors (Lipinski definition) is 5. The predicted octanol–water partition coefficient (Wildman–Crippen LogP) is 1.66. The van der Waals surface area contributed by atoms with Crippen LogP contribution in [-0.2, 0) is 0 Å². The van der Waals surface area contributed by atoms with E-state index in [4.69, 9.17) is 10.5 Å². The monoisotopic (exact) mass is 265 g/mol. The molecule has 2 atom stereocenters. The van der Waals surface area contributed by atoms with E-state index in [2.05, 4.69) is 16.8 Å². The van der Waals surface area contributed by atoms with Crippen LogP contribution in [0.5, 0.6) is 5.88 Å². The van der Waals surface area contributed by atoms with E-state index in [-0.39, 0.29) is 12.6 Å². The van der Waals surface area contributed by atoms with Crippen molar-refractivity contribution in [3.63, 3.8) is 0 Å². The molecule has 5 heteroatoms. The maximum Gasteiger partial charge on any atom is 0.239 e. The van der Waals surface area contributed by atoms with Gasteiger partial charge in [0.05, 0.1) is 24.9 Å². The summed E-state index contributed by atoms with van der Waals surface area (Å²) in [6.45, 7) is 5.88. The van der Waals surface area contributed by atoms with Gasteiger partial charge in [-0.05, 0) is 30.9 Å². The molecule has 0 aromatic carbocycles. The van der Waals surface area contributed by atoms with E-state index in [1.807, 2.05) is 19.1 Å². The van der Waals surface area contributed by atoms with Gasteiger partial charge in [-0.2, -0.15) is 4.98 Å². The van der Waals surface area contributed by atoms with Crippen molar-refractivity contribution in [1.29, 1.82) is 0 Å². The summed E-state index contributed by atoms with van der Waals surface area (Å²) in [5.41, 5.74) is 6.43. The molecule has 1 saturated heterocycles. The van der Waals surface area contributed by atoms with Gasteiger partial charge in [0.25, 0.3) is 0 Å². The van der Waals surface area contributed by atoms with E-state index in [0.717, 1.165) is 25.2 Å². The van der Waals surface area contributed by atoms with Crippen LogP contribution in [0.4, 0.5) is 11.5 Å². The van der Waals surface area contributed by atoms with Crippen LogP contribution in [0.2, 0.25) is 0 Å². The van der Waals surface area contributed by atoms with E-state index < -0.39 is 0 Å². The summed E-state index contributed by atoms with van der Waals surface area (Å²) in [5.74, 6) is 1.81. The molecule has 3 N–H and O–H groups in total. The molecule has 5 nitrogen and oxygen atoms in total. The minimum absolute atomic E-state index is 0.134. The molecule has 1 fully saturated rings. The fourth-order valence-electron chi connectivity index (χ4n) is 2.49. The van der Waals surface area contributed by atoms with Gasteiger partial charge < -0.3 is 20.5 Å². The van der Waals surface area contributed by atoms with Gasteiger partial charge in [-0.25, -0.2) is 0 Å². The van der Waals surface area contributed by atoms with E-state index in [9.17, 15) is 5.11 Å². The maximum absolute atomic E-state index is 9.51. The Morgan fingerprint density at radius 1 is 1.53 bits per heavy atom. The minimum Gasteiger partial charge on any atom is -0.476 e. The average Bonchev–Trinajstić information content (AvgIpc) is 2.79. The van der Waals surface area contributed by atoms with Crippen molar-refractivity contribution in [2.75, 3.05) is 30.4 Å². The molecule has 1 aliphatic heterocycles. The first kappa shape index (κ1) is 13.9. The Hall–Kier alpha value is -1.49. The highest BCUT2D eigenvalue weighted by Crippen LogP contribution is 2.31. The molecule has 2 unspecified atom stereocenters. The zero-order valence-electron chi connectivity index (χ0n) is 11.7. The van der Waals surface area contributed by atoms with Gasteiger partial charge in [0.1, 0.15) is 5.82 Å². The smallest absolute Gasteiger partial charge is 0.239 e. The van der Waals surface area contributed by atoms with Gasteiger partial charge in [0.2, 0.25) is 5.88 Å². The highest BCUT2D eigenvalue weighted by Gasteiger charge is 2.31. The summed E-state index contributed by atoms with van der Waals surface area (Å²) in [6, 6.07) is 3.86. The molecule has 2 rings (SSSR count). The van der Waals surface area contributed by atoms with Crippen molar-refractivity contribution >= 4 is 11.5 Å². The summed E-state index contributed by atoms with van der Waals surface area (Å²) in [7, 11) is 0. The Kier molecular flexibility index (Phi) is 4.47. The number of aromatic nitrogens is 1. The van der Waals surface area contributed by atoms with E-state index in [0.29, 0.717) is 24.1 Å². The van der Waals surface area contributed by atoms with Gasteiger partial charge >= 0.3 is 0 Å². The Balaban J connectivity index is 2.20. The predicted molar refractivity (Wildman–Crippen MR) is 76.4 cm³/mol. The van der Waals surface area contributed by atoms with E-state index in [1.54, 1.807) is 0 Å². The summed E-state index contributed by atoms with van der Waals surface area (Å²) in [5, 5.41) is 9.51. The first-order valence-corrected chi connectivity index (χ1v) is 6.94. The Labute approximate surface area is 114 Å². The summed E-state index contributed by atoms with van der Waals surface area (Å²) < 4.78 is 5.56. The summed E-state index contributed by atoms with van der Waals surface area (Å²) in [6.07, 6.45) is 1.99. The Bertz CT molecular complexity index is 425. The van der Waals surface area contributed by atoms with Crippen LogP contribution in [0.3, 0.4) is 0 Å². The van der Waals surface area contributed by atoms with Crippen LogP contribution in [0.1, 0.15) is 26.7 Å². The SMILES string of the molecule is CCCOc1nc(N2CCC(C)C2CO)ccc1N. The summed E-state index contributed by atoms with van der Waals surface area (Å²) in [4.78, 5) is 6.63. The van der Waals surface area contributed by atoms with Crippen molar-refractivity contribution in [2.45, 2.75) is 32.7 Å². The molecule has 0 spiro atoms. The normalized spacial score (nSPS) is 22.8. The number of nitrogens with zero attached hydrogens (tertiary/aromatic N) is 2.